The van der Waals surface area contributed by atoms with Gasteiger partial charge in [-0.05, 0) is 24.3 Å². The first-order chi connectivity index (χ1) is 14.0. The summed E-state index contributed by atoms with van der Waals surface area (Å²) in [5.74, 6) is 1.45. The van der Waals surface area contributed by atoms with E-state index >= 15 is 0 Å². The van der Waals surface area contributed by atoms with Gasteiger partial charge in [-0.1, -0.05) is 0 Å². The minimum atomic E-state index is -0.0535. The molecule has 3 rings (SSSR count). The fourth-order valence-corrected chi connectivity index (χ4v) is 3.58. The second-order valence-electron chi connectivity index (χ2n) is 5.84. The lowest BCUT2D eigenvalue weighted by Gasteiger charge is -2.12. The molecule has 29 heavy (non-hydrogen) atoms. The average molecular weight is 415 g/mol. The summed E-state index contributed by atoms with van der Waals surface area (Å²) in [5, 5.41) is 26.2. The molecule has 2 aromatic carbocycles. The van der Waals surface area contributed by atoms with E-state index < -0.39 is 0 Å². The highest BCUT2D eigenvalue weighted by molar-refractivity contribution is 7.07. The van der Waals surface area contributed by atoms with E-state index in [-0.39, 0.29) is 11.5 Å². The zero-order valence-corrected chi connectivity index (χ0v) is 17.2. The summed E-state index contributed by atoms with van der Waals surface area (Å²) < 4.78 is 17.7. The number of methoxy groups -OCH3 is 3. The highest BCUT2D eigenvalue weighted by atomic mass is 32.1. The summed E-state index contributed by atoms with van der Waals surface area (Å²) >= 11 is 1.38. The standard InChI is InChI=1S/C20H21N3O5S/c1-21-20-23(15(11-29-20)14-6-5-13(24)9-16(14)25)22-10-12-7-17(26-2)19(28-4)18(8-12)27-3/h5-11,24-25H,1-4H3/b21-20?,22-10+. The molecule has 1 aromatic heterocycles. The number of ether oxygens (including phenoxy) is 3. The topological polar surface area (TPSA) is 97.8 Å². The van der Waals surface area contributed by atoms with Crippen molar-refractivity contribution in [3.8, 4) is 40.0 Å². The Balaban J connectivity index is 2.09. The molecule has 2 N–H and O–H groups in total. The molecule has 0 unspecified atom stereocenters. The lowest BCUT2D eigenvalue weighted by molar-refractivity contribution is 0.324. The van der Waals surface area contributed by atoms with Gasteiger partial charge in [-0.15, -0.1) is 11.3 Å². The maximum absolute atomic E-state index is 10.2. The van der Waals surface area contributed by atoms with Crippen LogP contribution < -0.4 is 19.0 Å². The molecule has 0 fully saturated rings. The number of benzene rings is 2. The SMILES string of the molecule is CN=c1scc(-c2ccc(O)cc2O)n1/N=C/c1cc(OC)c(OC)c(OC)c1. The van der Waals surface area contributed by atoms with Crippen LogP contribution in [0.4, 0.5) is 0 Å². The van der Waals surface area contributed by atoms with E-state index in [2.05, 4.69) is 10.1 Å². The molecule has 0 atom stereocenters. The van der Waals surface area contributed by atoms with Crippen LogP contribution in [0.25, 0.3) is 11.3 Å². The molecule has 0 spiro atoms. The first kappa shape index (κ1) is 20.3. The molecule has 3 aromatic rings. The Bertz CT molecular complexity index is 1090. The Morgan fingerprint density at radius 3 is 2.24 bits per heavy atom. The molecule has 0 amide bonds. The van der Waals surface area contributed by atoms with Crippen LogP contribution in [0.3, 0.4) is 0 Å². The lowest BCUT2D eigenvalue weighted by atomic mass is 10.1. The van der Waals surface area contributed by atoms with E-state index in [0.29, 0.717) is 33.3 Å². The predicted molar refractivity (Wildman–Crippen MR) is 112 cm³/mol. The Morgan fingerprint density at radius 1 is 1.00 bits per heavy atom. The number of hydrogen-bond donors (Lipinski definition) is 2. The van der Waals surface area contributed by atoms with Crippen molar-refractivity contribution >= 4 is 17.6 Å². The molecule has 0 aliphatic carbocycles. The third-order valence-corrected chi connectivity index (χ3v) is 5.05. The first-order valence-electron chi connectivity index (χ1n) is 8.52. The second kappa shape index (κ2) is 8.70. The molecule has 152 valence electrons. The highest BCUT2D eigenvalue weighted by Gasteiger charge is 2.14. The summed E-state index contributed by atoms with van der Waals surface area (Å²) in [6.07, 6.45) is 1.63. The zero-order valence-electron chi connectivity index (χ0n) is 16.4. The van der Waals surface area contributed by atoms with Crippen LogP contribution in [0.5, 0.6) is 28.7 Å². The first-order valence-corrected chi connectivity index (χ1v) is 9.40. The van der Waals surface area contributed by atoms with Gasteiger partial charge in [0.2, 0.25) is 10.6 Å². The summed E-state index contributed by atoms with van der Waals surface area (Å²) in [5.41, 5.74) is 1.88. The van der Waals surface area contributed by atoms with E-state index in [1.165, 1.54) is 23.5 Å². The molecular weight excluding hydrogens is 394 g/mol. The van der Waals surface area contributed by atoms with E-state index in [9.17, 15) is 10.2 Å². The van der Waals surface area contributed by atoms with Crippen molar-refractivity contribution in [3.63, 3.8) is 0 Å². The Hall–Kier alpha value is -3.46. The van der Waals surface area contributed by atoms with Gasteiger partial charge in [-0.3, -0.25) is 4.99 Å². The van der Waals surface area contributed by atoms with Gasteiger partial charge in [0.15, 0.2) is 11.5 Å². The van der Waals surface area contributed by atoms with Crippen LogP contribution in [0.15, 0.2) is 45.8 Å². The molecule has 0 saturated carbocycles. The summed E-state index contributed by atoms with van der Waals surface area (Å²) in [4.78, 5) is 4.87. The van der Waals surface area contributed by atoms with Crippen molar-refractivity contribution in [3.05, 3.63) is 46.1 Å². The van der Waals surface area contributed by atoms with Gasteiger partial charge < -0.3 is 24.4 Å². The quantitative estimate of drug-likeness (QED) is 0.603. The van der Waals surface area contributed by atoms with Crippen LogP contribution in [-0.4, -0.2) is 49.5 Å². The van der Waals surface area contributed by atoms with Crippen molar-refractivity contribution < 1.29 is 24.4 Å². The summed E-state index contributed by atoms with van der Waals surface area (Å²) in [6.45, 7) is 0. The van der Waals surface area contributed by atoms with Crippen LogP contribution >= 0.6 is 11.3 Å². The third-order valence-electron chi connectivity index (χ3n) is 4.14. The van der Waals surface area contributed by atoms with Gasteiger partial charge in [0.1, 0.15) is 11.5 Å². The molecule has 8 nitrogen and oxygen atoms in total. The van der Waals surface area contributed by atoms with Crippen molar-refractivity contribution in [2.24, 2.45) is 10.1 Å². The molecule has 1 heterocycles. The summed E-state index contributed by atoms with van der Waals surface area (Å²) in [7, 11) is 6.30. The van der Waals surface area contributed by atoms with E-state index in [1.807, 2.05) is 5.38 Å². The van der Waals surface area contributed by atoms with Crippen molar-refractivity contribution in [1.82, 2.24) is 4.68 Å². The van der Waals surface area contributed by atoms with Crippen molar-refractivity contribution in [2.75, 3.05) is 28.4 Å². The van der Waals surface area contributed by atoms with Gasteiger partial charge in [0, 0.05) is 29.6 Å². The maximum atomic E-state index is 10.2. The Labute approximate surface area is 171 Å². The number of hydrogen-bond acceptors (Lipinski definition) is 8. The number of aromatic nitrogens is 1. The molecule has 0 aliphatic heterocycles. The van der Waals surface area contributed by atoms with Crippen LogP contribution in [0, 0.1) is 0 Å². The minimum absolute atomic E-state index is 0.0191. The average Bonchev–Trinajstić information content (AvgIpc) is 3.13. The minimum Gasteiger partial charge on any atom is -0.508 e. The molecule has 9 heteroatoms. The number of thiazole rings is 1. The van der Waals surface area contributed by atoms with Gasteiger partial charge in [-0.25, -0.2) is 4.68 Å². The highest BCUT2D eigenvalue weighted by Crippen LogP contribution is 2.38. The lowest BCUT2D eigenvalue weighted by Crippen LogP contribution is -2.11. The number of phenols is 2. The maximum Gasteiger partial charge on any atom is 0.205 e. The number of rotatable bonds is 6. The van der Waals surface area contributed by atoms with Crippen LogP contribution in [0.1, 0.15) is 5.56 Å². The van der Waals surface area contributed by atoms with Gasteiger partial charge in [0.25, 0.3) is 0 Å². The van der Waals surface area contributed by atoms with Crippen molar-refractivity contribution in [2.45, 2.75) is 0 Å². The van der Waals surface area contributed by atoms with E-state index in [4.69, 9.17) is 14.2 Å². The number of phenolic OH excluding ortho intramolecular Hbond substituents is 2. The summed E-state index contributed by atoms with van der Waals surface area (Å²) in [6, 6.07) is 7.96. The largest absolute Gasteiger partial charge is 0.508 e. The van der Waals surface area contributed by atoms with Gasteiger partial charge >= 0.3 is 0 Å². The van der Waals surface area contributed by atoms with E-state index in [1.54, 1.807) is 57.5 Å². The normalized spacial score (nSPS) is 11.8. The van der Waals surface area contributed by atoms with Crippen molar-refractivity contribution in [1.29, 1.82) is 0 Å². The third kappa shape index (κ3) is 4.04. The molecule has 0 aliphatic rings. The fourth-order valence-electron chi connectivity index (χ4n) is 2.78. The molecular formula is C20H21N3O5S. The van der Waals surface area contributed by atoms with Crippen LogP contribution in [0.2, 0.25) is 0 Å². The Kier molecular flexibility index (Phi) is 6.08. The Morgan fingerprint density at radius 2 is 1.69 bits per heavy atom. The molecule has 0 bridgehead atoms. The number of aromatic hydroxyl groups is 2. The second-order valence-corrected chi connectivity index (χ2v) is 6.68. The molecule has 0 radical (unpaired) electrons. The van der Waals surface area contributed by atoms with E-state index in [0.717, 1.165) is 5.56 Å². The fraction of sp³-hybridized carbons (Fsp3) is 0.200. The van der Waals surface area contributed by atoms with Gasteiger partial charge in [0.05, 0.1) is 33.2 Å². The van der Waals surface area contributed by atoms with Crippen LogP contribution in [-0.2, 0) is 0 Å². The predicted octanol–water partition coefficient (Wildman–Crippen LogP) is 3.07. The molecule has 0 saturated heterocycles. The smallest absolute Gasteiger partial charge is 0.205 e. The monoisotopic (exact) mass is 415 g/mol. The van der Waals surface area contributed by atoms with Gasteiger partial charge in [-0.2, -0.15) is 5.10 Å². The number of nitrogens with zero attached hydrogens (tertiary/aromatic N) is 3. The zero-order chi connectivity index (χ0) is 21.0.